The minimum Gasteiger partial charge on any atom is -0.489 e. The van der Waals surface area contributed by atoms with E-state index >= 15 is 0 Å². The van der Waals surface area contributed by atoms with Crippen LogP contribution in [0.1, 0.15) is 23.1 Å². The molecule has 3 rings (SSSR count). The molecule has 0 fully saturated rings. The largest absolute Gasteiger partial charge is 0.489 e. The third kappa shape index (κ3) is 5.44. The molecule has 28 heavy (non-hydrogen) atoms. The lowest BCUT2D eigenvalue weighted by molar-refractivity contribution is -0.117. The zero-order valence-corrected chi connectivity index (χ0v) is 16.2. The fraction of sp³-hybridized carbons (Fsp3) is 0.208. The molecule has 0 heterocycles. The third-order valence-corrected chi connectivity index (χ3v) is 4.70. The quantitative estimate of drug-likeness (QED) is 0.552. The first-order valence-electron chi connectivity index (χ1n) is 9.48. The molecule has 4 nitrogen and oxygen atoms in total. The molecule has 0 unspecified atom stereocenters. The van der Waals surface area contributed by atoms with Crippen molar-refractivity contribution in [2.45, 2.75) is 26.5 Å². The van der Waals surface area contributed by atoms with E-state index in [1.165, 1.54) is 22.3 Å². The highest BCUT2D eigenvalue weighted by atomic mass is 16.5. The van der Waals surface area contributed by atoms with Crippen molar-refractivity contribution in [2.24, 2.45) is 5.73 Å². The first-order chi connectivity index (χ1) is 13.6. The number of benzene rings is 3. The molecule has 0 spiro atoms. The summed E-state index contributed by atoms with van der Waals surface area (Å²) in [6.07, 6.45) is 0.340. The Hall–Kier alpha value is -3.11. The number of ether oxygens (including phenoxy) is 1. The minimum absolute atomic E-state index is 0.294. The maximum absolute atomic E-state index is 10.8. The molecule has 0 aliphatic carbocycles. The van der Waals surface area contributed by atoms with Crippen molar-refractivity contribution in [2.75, 3.05) is 6.54 Å². The van der Waals surface area contributed by atoms with Gasteiger partial charge in [-0.05, 0) is 46.9 Å². The Balaban J connectivity index is 1.63. The number of nitrogens with two attached hydrogens (primary N) is 1. The van der Waals surface area contributed by atoms with Crippen LogP contribution in [0.25, 0.3) is 11.1 Å². The maximum atomic E-state index is 10.8. The zero-order valence-electron chi connectivity index (χ0n) is 16.2. The number of amides is 1. The summed E-state index contributed by atoms with van der Waals surface area (Å²) in [5, 5.41) is 3.21. The van der Waals surface area contributed by atoms with Crippen LogP contribution in [0.4, 0.5) is 0 Å². The summed E-state index contributed by atoms with van der Waals surface area (Å²) in [5.41, 5.74) is 11.1. The van der Waals surface area contributed by atoms with Gasteiger partial charge in [0.15, 0.2) is 0 Å². The third-order valence-electron chi connectivity index (χ3n) is 4.70. The Morgan fingerprint density at radius 2 is 1.79 bits per heavy atom. The Labute approximate surface area is 166 Å². The van der Waals surface area contributed by atoms with Crippen molar-refractivity contribution in [1.29, 1.82) is 0 Å². The van der Waals surface area contributed by atoms with E-state index in [1.807, 2.05) is 30.3 Å². The van der Waals surface area contributed by atoms with E-state index in [0.29, 0.717) is 26.1 Å². The normalized spacial score (nSPS) is 10.6. The predicted octanol–water partition coefficient (Wildman–Crippen LogP) is 4.21. The van der Waals surface area contributed by atoms with Gasteiger partial charge < -0.3 is 15.8 Å². The fourth-order valence-electron chi connectivity index (χ4n) is 3.12. The Morgan fingerprint density at radius 3 is 2.57 bits per heavy atom. The Kier molecular flexibility index (Phi) is 6.82. The van der Waals surface area contributed by atoms with E-state index in [9.17, 15) is 4.79 Å². The summed E-state index contributed by atoms with van der Waals surface area (Å²) in [5.74, 6) is 0.538. The monoisotopic (exact) mass is 374 g/mol. The van der Waals surface area contributed by atoms with Crippen LogP contribution < -0.4 is 15.8 Å². The number of carbonyl (C=O) groups is 1. The van der Waals surface area contributed by atoms with E-state index < -0.39 is 0 Å². The van der Waals surface area contributed by atoms with Gasteiger partial charge >= 0.3 is 0 Å². The average Bonchev–Trinajstić information content (AvgIpc) is 2.71. The molecular formula is C24H26N2O2. The number of nitrogens with one attached hydrogen (secondary N) is 1. The number of hydrogen-bond donors (Lipinski definition) is 2. The molecular weight excluding hydrogens is 348 g/mol. The lowest BCUT2D eigenvalue weighted by atomic mass is 9.97. The van der Waals surface area contributed by atoms with Crippen LogP contribution in [0.3, 0.4) is 0 Å². The van der Waals surface area contributed by atoms with Gasteiger partial charge in [-0.3, -0.25) is 4.79 Å². The van der Waals surface area contributed by atoms with Crippen molar-refractivity contribution in [1.82, 2.24) is 5.32 Å². The molecule has 0 aromatic heterocycles. The van der Waals surface area contributed by atoms with Gasteiger partial charge in [0.05, 0.1) is 0 Å². The Morgan fingerprint density at radius 1 is 1.00 bits per heavy atom. The van der Waals surface area contributed by atoms with Crippen molar-refractivity contribution in [3.05, 3.63) is 89.5 Å². The summed E-state index contributed by atoms with van der Waals surface area (Å²) in [7, 11) is 0. The SMILES string of the molecule is Cc1c(COc2cccc(CNCCC(N)=O)c2)cccc1-c1ccccc1. The van der Waals surface area contributed by atoms with Crippen molar-refractivity contribution >= 4 is 5.91 Å². The van der Waals surface area contributed by atoms with E-state index in [0.717, 1.165) is 11.3 Å². The molecule has 0 radical (unpaired) electrons. The van der Waals surface area contributed by atoms with Gasteiger partial charge in [-0.15, -0.1) is 0 Å². The van der Waals surface area contributed by atoms with Crippen LogP contribution in [0.15, 0.2) is 72.8 Å². The number of primary amides is 1. The van der Waals surface area contributed by atoms with Gasteiger partial charge in [-0.1, -0.05) is 60.7 Å². The number of carbonyl (C=O) groups excluding carboxylic acids is 1. The molecule has 3 aromatic carbocycles. The minimum atomic E-state index is -0.294. The fourth-order valence-corrected chi connectivity index (χ4v) is 3.12. The highest BCUT2D eigenvalue weighted by Crippen LogP contribution is 2.26. The maximum Gasteiger partial charge on any atom is 0.218 e. The standard InChI is InChI=1S/C24H26N2O2/c1-18-21(10-6-12-23(18)20-8-3-2-4-9-20)17-28-22-11-5-7-19(15-22)16-26-14-13-24(25)27/h2-12,15,26H,13-14,16-17H2,1H3,(H2,25,27). The molecule has 0 aliphatic rings. The lowest BCUT2D eigenvalue weighted by Crippen LogP contribution is -2.21. The van der Waals surface area contributed by atoms with Crippen LogP contribution in [0.2, 0.25) is 0 Å². The smallest absolute Gasteiger partial charge is 0.218 e. The second kappa shape index (κ2) is 9.72. The second-order valence-corrected chi connectivity index (χ2v) is 6.78. The first-order valence-corrected chi connectivity index (χ1v) is 9.48. The molecule has 0 saturated heterocycles. The summed E-state index contributed by atoms with van der Waals surface area (Å²) < 4.78 is 6.05. The van der Waals surface area contributed by atoms with E-state index in [4.69, 9.17) is 10.5 Å². The summed E-state index contributed by atoms with van der Waals surface area (Å²) in [6.45, 7) is 3.91. The second-order valence-electron chi connectivity index (χ2n) is 6.78. The topological polar surface area (TPSA) is 64.3 Å². The van der Waals surface area contributed by atoms with Gasteiger partial charge in [0.1, 0.15) is 12.4 Å². The van der Waals surface area contributed by atoms with Crippen LogP contribution in [0.5, 0.6) is 5.75 Å². The first kappa shape index (κ1) is 19.6. The average molecular weight is 374 g/mol. The molecule has 1 amide bonds. The van der Waals surface area contributed by atoms with Gasteiger partial charge in [0.2, 0.25) is 5.91 Å². The molecule has 144 valence electrons. The van der Waals surface area contributed by atoms with Gasteiger partial charge in [-0.25, -0.2) is 0 Å². The van der Waals surface area contributed by atoms with Crippen molar-refractivity contribution < 1.29 is 9.53 Å². The molecule has 0 bridgehead atoms. The molecule has 4 heteroatoms. The van der Waals surface area contributed by atoms with E-state index in [-0.39, 0.29) is 5.91 Å². The Bertz CT molecular complexity index is 923. The van der Waals surface area contributed by atoms with Gasteiger partial charge in [-0.2, -0.15) is 0 Å². The van der Waals surface area contributed by atoms with E-state index in [1.54, 1.807) is 0 Å². The van der Waals surface area contributed by atoms with E-state index in [2.05, 4.69) is 54.7 Å². The predicted molar refractivity (Wildman–Crippen MR) is 113 cm³/mol. The molecule has 3 N–H and O–H groups in total. The van der Waals surface area contributed by atoms with Crippen LogP contribution in [-0.2, 0) is 17.9 Å². The van der Waals surface area contributed by atoms with Crippen LogP contribution in [-0.4, -0.2) is 12.5 Å². The number of rotatable bonds is 9. The molecule has 3 aromatic rings. The molecule has 0 aliphatic heterocycles. The summed E-state index contributed by atoms with van der Waals surface area (Å²) >= 11 is 0. The van der Waals surface area contributed by atoms with Crippen LogP contribution in [0, 0.1) is 6.92 Å². The molecule has 0 saturated carbocycles. The zero-order chi connectivity index (χ0) is 19.8. The molecule has 0 atom stereocenters. The highest BCUT2D eigenvalue weighted by molar-refractivity contribution is 5.73. The van der Waals surface area contributed by atoms with Crippen molar-refractivity contribution in [3.63, 3.8) is 0 Å². The summed E-state index contributed by atoms with van der Waals surface area (Å²) in [4.78, 5) is 10.8. The summed E-state index contributed by atoms with van der Waals surface area (Å²) in [6, 6.07) is 24.7. The lowest BCUT2D eigenvalue weighted by Gasteiger charge is -2.13. The van der Waals surface area contributed by atoms with Crippen molar-refractivity contribution in [3.8, 4) is 16.9 Å². The van der Waals surface area contributed by atoms with Crippen LogP contribution >= 0.6 is 0 Å². The van der Waals surface area contributed by atoms with Gasteiger partial charge in [0.25, 0.3) is 0 Å². The van der Waals surface area contributed by atoms with Gasteiger partial charge in [0, 0.05) is 19.5 Å². The number of hydrogen-bond acceptors (Lipinski definition) is 3. The highest BCUT2D eigenvalue weighted by Gasteiger charge is 2.07.